The molecule has 1 aliphatic heterocycles. The Morgan fingerprint density at radius 1 is 1.67 bits per heavy atom. The topological polar surface area (TPSA) is 25.7 Å². The summed E-state index contributed by atoms with van der Waals surface area (Å²) in [6, 6.07) is 1.93. The van der Waals surface area contributed by atoms with Crippen molar-refractivity contribution in [2.24, 2.45) is 0 Å². The first-order valence-electron chi connectivity index (χ1n) is 2.72. The summed E-state index contributed by atoms with van der Waals surface area (Å²) in [4.78, 5) is 0. The lowest BCUT2D eigenvalue weighted by molar-refractivity contribution is 0.370. The van der Waals surface area contributed by atoms with Gasteiger partial charge in [0.15, 0.2) is 0 Å². The lowest BCUT2D eigenvalue weighted by Gasteiger charge is -1.79. The Morgan fingerprint density at radius 3 is 2.89 bits per heavy atom. The van der Waals surface area contributed by atoms with Gasteiger partial charge in [0.2, 0.25) is 0 Å². The van der Waals surface area contributed by atoms with Crippen LogP contribution in [0.4, 0.5) is 0 Å². The van der Waals surface area contributed by atoms with E-state index in [1.54, 1.807) is 6.26 Å². The molecule has 0 aliphatic carbocycles. The average molecular weight is 189 g/mol. The Balaban J connectivity index is 2.28. The molecular formula is C6H5BrO2. The monoisotopic (exact) mass is 188 g/mol. The SMILES string of the molecule is Brc1coc([C@H]2CO2)c1. The lowest BCUT2D eigenvalue weighted by Crippen LogP contribution is -1.69. The standard InChI is InChI=1S/C6H5BrO2/c7-4-1-5(8-2-4)6-3-9-6/h1-2,6H,3H2/t6-/m1/s1. The maximum absolute atomic E-state index is 5.12. The third kappa shape index (κ3) is 1.02. The van der Waals surface area contributed by atoms with E-state index < -0.39 is 0 Å². The predicted molar refractivity (Wildman–Crippen MR) is 35.1 cm³/mol. The molecule has 48 valence electrons. The molecule has 1 aromatic heterocycles. The van der Waals surface area contributed by atoms with E-state index in [9.17, 15) is 0 Å². The molecule has 0 unspecified atom stereocenters. The van der Waals surface area contributed by atoms with Gasteiger partial charge in [-0.3, -0.25) is 0 Å². The zero-order chi connectivity index (χ0) is 6.27. The number of hydrogen-bond donors (Lipinski definition) is 0. The quantitative estimate of drug-likeness (QED) is 0.632. The van der Waals surface area contributed by atoms with E-state index in [0.29, 0.717) is 0 Å². The summed E-state index contributed by atoms with van der Waals surface area (Å²) in [6.07, 6.45) is 1.90. The minimum Gasteiger partial charge on any atom is -0.465 e. The first-order valence-corrected chi connectivity index (χ1v) is 3.51. The summed E-state index contributed by atoms with van der Waals surface area (Å²) in [5.41, 5.74) is 0. The first-order chi connectivity index (χ1) is 4.36. The van der Waals surface area contributed by atoms with Crippen LogP contribution in [0, 0.1) is 0 Å². The first kappa shape index (κ1) is 5.50. The molecule has 1 fully saturated rings. The second-order valence-electron chi connectivity index (χ2n) is 1.99. The van der Waals surface area contributed by atoms with E-state index >= 15 is 0 Å². The van der Waals surface area contributed by atoms with Gasteiger partial charge < -0.3 is 9.15 Å². The molecule has 1 aliphatic rings. The largest absolute Gasteiger partial charge is 0.465 e. The summed E-state index contributed by atoms with van der Waals surface area (Å²) in [6.45, 7) is 0.806. The van der Waals surface area contributed by atoms with Crippen LogP contribution in [0.5, 0.6) is 0 Å². The van der Waals surface area contributed by atoms with Crippen molar-refractivity contribution < 1.29 is 9.15 Å². The van der Waals surface area contributed by atoms with Crippen LogP contribution in [0.25, 0.3) is 0 Å². The van der Waals surface area contributed by atoms with Crippen molar-refractivity contribution in [3.63, 3.8) is 0 Å². The predicted octanol–water partition coefficient (Wildman–Crippen LogP) is 2.11. The normalized spacial score (nSPS) is 24.3. The molecule has 0 saturated carbocycles. The molecular weight excluding hydrogens is 184 g/mol. The Bertz CT molecular complexity index is 215. The molecule has 9 heavy (non-hydrogen) atoms. The van der Waals surface area contributed by atoms with Gasteiger partial charge in [0.05, 0.1) is 11.1 Å². The summed E-state index contributed by atoms with van der Waals surface area (Å²) >= 11 is 3.28. The molecule has 0 aromatic carbocycles. The highest BCUT2D eigenvalue weighted by molar-refractivity contribution is 9.10. The fourth-order valence-electron chi connectivity index (χ4n) is 0.709. The molecule has 0 bridgehead atoms. The molecule has 1 atom stereocenters. The van der Waals surface area contributed by atoms with Crippen LogP contribution < -0.4 is 0 Å². The van der Waals surface area contributed by atoms with E-state index in [2.05, 4.69) is 15.9 Å². The van der Waals surface area contributed by atoms with Crippen LogP contribution in [-0.4, -0.2) is 6.61 Å². The minimum absolute atomic E-state index is 0.233. The van der Waals surface area contributed by atoms with E-state index in [4.69, 9.17) is 9.15 Å². The Labute approximate surface area is 60.9 Å². The second kappa shape index (κ2) is 1.85. The van der Waals surface area contributed by atoms with Gasteiger partial charge in [-0.05, 0) is 22.0 Å². The summed E-state index contributed by atoms with van der Waals surface area (Å²) in [5.74, 6) is 0.918. The van der Waals surface area contributed by atoms with Gasteiger partial charge in [0.25, 0.3) is 0 Å². The van der Waals surface area contributed by atoms with E-state index in [1.165, 1.54) is 0 Å². The zero-order valence-electron chi connectivity index (χ0n) is 4.63. The summed E-state index contributed by atoms with van der Waals surface area (Å²) in [7, 11) is 0. The molecule has 2 rings (SSSR count). The van der Waals surface area contributed by atoms with Crippen molar-refractivity contribution in [3.05, 3.63) is 22.6 Å². The molecule has 0 amide bonds. The third-order valence-electron chi connectivity index (χ3n) is 1.24. The second-order valence-corrected chi connectivity index (χ2v) is 2.90. The van der Waals surface area contributed by atoms with Crippen molar-refractivity contribution in [2.75, 3.05) is 6.61 Å². The zero-order valence-corrected chi connectivity index (χ0v) is 6.22. The van der Waals surface area contributed by atoms with Crippen molar-refractivity contribution in [2.45, 2.75) is 6.10 Å². The van der Waals surface area contributed by atoms with E-state index in [0.717, 1.165) is 16.8 Å². The van der Waals surface area contributed by atoms with Gasteiger partial charge in [-0.25, -0.2) is 0 Å². The molecule has 0 N–H and O–H groups in total. The van der Waals surface area contributed by atoms with Gasteiger partial charge >= 0.3 is 0 Å². The fourth-order valence-corrected chi connectivity index (χ4v) is 1.03. The molecule has 1 aromatic rings. The van der Waals surface area contributed by atoms with E-state index in [1.807, 2.05) is 6.07 Å². The van der Waals surface area contributed by atoms with Crippen LogP contribution in [0.2, 0.25) is 0 Å². The Morgan fingerprint density at radius 2 is 2.44 bits per heavy atom. The highest BCUT2D eigenvalue weighted by Crippen LogP contribution is 2.31. The van der Waals surface area contributed by atoms with Crippen molar-refractivity contribution in [1.29, 1.82) is 0 Å². The smallest absolute Gasteiger partial charge is 0.139 e. The molecule has 2 nitrogen and oxygen atoms in total. The Hall–Kier alpha value is -0.280. The van der Waals surface area contributed by atoms with Crippen molar-refractivity contribution in [1.82, 2.24) is 0 Å². The van der Waals surface area contributed by atoms with Gasteiger partial charge in [0.1, 0.15) is 18.1 Å². The highest BCUT2D eigenvalue weighted by Gasteiger charge is 2.27. The maximum atomic E-state index is 5.12. The van der Waals surface area contributed by atoms with Crippen molar-refractivity contribution in [3.8, 4) is 0 Å². The molecule has 3 heteroatoms. The van der Waals surface area contributed by atoms with Gasteiger partial charge in [-0.15, -0.1) is 0 Å². The molecule has 0 spiro atoms. The summed E-state index contributed by atoms with van der Waals surface area (Å²) in [5, 5.41) is 0. The highest BCUT2D eigenvalue weighted by atomic mass is 79.9. The van der Waals surface area contributed by atoms with E-state index in [-0.39, 0.29) is 6.10 Å². The van der Waals surface area contributed by atoms with Crippen LogP contribution in [0.3, 0.4) is 0 Å². The number of epoxide rings is 1. The van der Waals surface area contributed by atoms with Crippen LogP contribution in [0.15, 0.2) is 21.2 Å². The molecule has 2 heterocycles. The maximum Gasteiger partial charge on any atom is 0.139 e. The van der Waals surface area contributed by atoms with Crippen molar-refractivity contribution >= 4 is 15.9 Å². The summed E-state index contributed by atoms with van der Waals surface area (Å²) < 4.78 is 11.1. The fraction of sp³-hybridized carbons (Fsp3) is 0.333. The lowest BCUT2D eigenvalue weighted by atomic mass is 10.4. The number of halogens is 1. The van der Waals surface area contributed by atoms with Crippen LogP contribution in [-0.2, 0) is 4.74 Å². The van der Waals surface area contributed by atoms with Gasteiger partial charge in [-0.2, -0.15) is 0 Å². The number of rotatable bonds is 1. The van der Waals surface area contributed by atoms with Crippen LogP contribution in [0.1, 0.15) is 11.9 Å². The Kier molecular flexibility index (Phi) is 1.13. The van der Waals surface area contributed by atoms with Crippen LogP contribution >= 0.6 is 15.9 Å². The molecule has 0 radical (unpaired) electrons. The average Bonchev–Trinajstić information content (AvgIpc) is 2.58. The van der Waals surface area contributed by atoms with Gasteiger partial charge in [0, 0.05) is 0 Å². The number of ether oxygens (including phenoxy) is 1. The number of furan rings is 1. The third-order valence-corrected chi connectivity index (χ3v) is 1.65. The molecule has 1 saturated heterocycles. The number of hydrogen-bond acceptors (Lipinski definition) is 2. The van der Waals surface area contributed by atoms with Gasteiger partial charge in [-0.1, -0.05) is 0 Å². The minimum atomic E-state index is 0.233.